The van der Waals surface area contributed by atoms with Crippen molar-refractivity contribution in [2.75, 3.05) is 6.54 Å². The number of carbonyl (C=O) groups is 1. The molecule has 0 radical (unpaired) electrons. The lowest BCUT2D eigenvalue weighted by atomic mass is 9.92. The van der Waals surface area contributed by atoms with Crippen molar-refractivity contribution < 1.29 is 14.6 Å². The first-order chi connectivity index (χ1) is 9.30. The van der Waals surface area contributed by atoms with Crippen LogP contribution in [0.15, 0.2) is 24.3 Å². The van der Waals surface area contributed by atoms with Crippen LogP contribution in [0, 0.1) is 0 Å². The molecule has 4 nitrogen and oxygen atoms in total. The maximum absolute atomic E-state index is 11.6. The van der Waals surface area contributed by atoms with Gasteiger partial charge in [-0.1, -0.05) is 24.3 Å². The minimum atomic E-state index is -0.828. The van der Waals surface area contributed by atoms with E-state index in [1.165, 1.54) is 5.56 Å². The van der Waals surface area contributed by atoms with Gasteiger partial charge in [0.2, 0.25) is 0 Å². The van der Waals surface area contributed by atoms with Crippen LogP contribution in [-0.4, -0.2) is 23.3 Å². The molecule has 1 aromatic carbocycles. The topological polar surface area (TPSA) is 58.6 Å². The van der Waals surface area contributed by atoms with Crippen molar-refractivity contribution in [3.63, 3.8) is 0 Å². The summed E-state index contributed by atoms with van der Waals surface area (Å²) in [5.74, 6) is 0. The summed E-state index contributed by atoms with van der Waals surface area (Å²) in [4.78, 5) is 11.6. The van der Waals surface area contributed by atoms with E-state index in [1.807, 2.05) is 39.0 Å². The van der Waals surface area contributed by atoms with Gasteiger partial charge in [0.15, 0.2) is 0 Å². The molecule has 20 heavy (non-hydrogen) atoms. The predicted molar refractivity (Wildman–Crippen MR) is 77.5 cm³/mol. The SMILES string of the molecule is CC(C)(C)OC(=O)NCCC1(O)CCc2ccccc21. The van der Waals surface area contributed by atoms with Crippen LogP contribution in [0.5, 0.6) is 0 Å². The summed E-state index contributed by atoms with van der Waals surface area (Å²) >= 11 is 0. The molecule has 1 atom stereocenters. The van der Waals surface area contributed by atoms with Gasteiger partial charge >= 0.3 is 6.09 Å². The van der Waals surface area contributed by atoms with Gasteiger partial charge in [0, 0.05) is 6.54 Å². The number of aryl methyl sites for hydroxylation is 1. The number of nitrogens with one attached hydrogen (secondary N) is 1. The largest absolute Gasteiger partial charge is 0.444 e. The average Bonchev–Trinajstić information content (AvgIpc) is 2.66. The number of benzene rings is 1. The van der Waals surface area contributed by atoms with Gasteiger partial charge in [0.1, 0.15) is 5.60 Å². The highest BCUT2D eigenvalue weighted by Crippen LogP contribution is 2.38. The number of hydrogen-bond donors (Lipinski definition) is 2. The standard InChI is InChI=1S/C16H23NO3/c1-15(2,3)20-14(18)17-11-10-16(19)9-8-12-6-4-5-7-13(12)16/h4-7,19H,8-11H2,1-3H3,(H,17,18). The fourth-order valence-corrected chi connectivity index (χ4v) is 2.61. The summed E-state index contributed by atoms with van der Waals surface area (Å²) in [6.07, 6.45) is 1.66. The van der Waals surface area contributed by atoms with E-state index in [2.05, 4.69) is 11.4 Å². The van der Waals surface area contributed by atoms with E-state index in [0.29, 0.717) is 19.4 Å². The number of rotatable bonds is 3. The van der Waals surface area contributed by atoms with Crippen molar-refractivity contribution >= 4 is 6.09 Å². The Hall–Kier alpha value is -1.55. The monoisotopic (exact) mass is 277 g/mol. The molecule has 1 aliphatic rings. The van der Waals surface area contributed by atoms with E-state index >= 15 is 0 Å². The number of amides is 1. The van der Waals surface area contributed by atoms with E-state index in [0.717, 1.165) is 12.0 Å². The molecule has 0 bridgehead atoms. The second kappa shape index (κ2) is 5.44. The van der Waals surface area contributed by atoms with Gasteiger partial charge in [-0.2, -0.15) is 0 Å². The second-order valence-electron chi connectivity index (χ2n) is 6.37. The third-order valence-corrected chi connectivity index (χ3v) is 3.53. The Balaban J connectivity index is 1.88. The Morgan fingerprint density at radius 3 is 2.80 bits per heavy atom. The Kier molecular flexibility index (Phi) is 4.04. The van der Waals surface area contributed by atoms with Crippen LogP contribution in [-0.2, 0) is 16.8 Å². The minimum absolute atomic E-state index is 0.403. The Bertz CT molecular complexity index is 493. The highest BCUT2D eigenvalue weighted by Gasteiger charge is 2.35. The summed E-state index contributed by atoms with van der Waals surface area (Å²) in [6, 6.07) is 7.95. The summed E-state index contributed by atoms with van der Waals surface area (Å²) in [7, 11) is 0. The van der Waals surface area contributed by atoms with Gasteiger partial charge in [-0.3, -0.25) is 0 Å². The molecule has 2 rings (SSSR count). The van der Waals surface area contributed by atoms with Crippen LogP contribution in [0.2, 0.25) is 0 Å². The molecule has 0 saturated carbocycles. The van der Waals surface area contributed by atoms with Crippen LogP contribution >= 0.6 is 0 Å². The zero-order valence-corrected chi connectivity index (χ0v) is 12.4. The third kappa shape index (κ3) is 3.51. The van der Waals surface area contributed by atoms with Crippen molar-refractivity contribution in [2.24, 2.45) is 0 Å². The molecule has 1 unspecified atom stereocenters. The Labute approximate surface area is 120 Å². The Morgan fingerprint density at radius 2 is 2.10 bits per heavy atom. The van der Waals surface area contributed by atoms with Crippen molar-refractivity contribution in [2.45, 2.75) is 51.2 Å². The smallest absolute Gasteiger partial charge is 0.407 e. The molecule has 0 heterocycles. The molecule has 4 heteroatoms. The number of hydrogen-bond acceptors (Lipinski definition) is 3. The maximum atomic E-state index is 11.6. The van der Waals surface area contributed by atoms with Crippen LogP contribution in [0.1, 0.15) is 44.7 Å². The van der Waals surface area contributed by atoms with Crippen LogP contribution in [0.25, 0.3) is 0 Å². The average molecular weight is 277 g/mol. The molecule has 0 aromatic heterocycles. The number of alkyl carbamates (subject to hydrolysis) is 1. The first kappa shape index (κ1) is 14.9. The Morgan fingerprint density at radius 1 is 1.40 bits per heavy atom. The van der Waals surface area contributed by atoms with Gasteiger partial charge in [-0.15, -0.1) is 0 Å². The molecule has 1 aromatic rings. The van der Waals surface area contributed by atoms with Gasteiger partial charge in [-0.05, 0) is 51.2 Å². The lowest BCUT2D eigenvalue weighted by Crippen LogP contribution is -2.35. The minimum Gasteiger partial charge on any atom is -0.444 e. The molecule has 0 spiro atoms. The van der Waals surface area contributed by atoms with Gasteiger partial charge in [0.05, 0.1) is 5.60 Å². The number of carbonyl (C=O) groups excluding carboxylic acids is 1. The van der Waals surface area contributed by atoms with E-state index in [1.54, 1.807) is 0 Å². The van der Waals surface area contributed by atoms with Crippen molar-refractivity contribution in [3.05, 3.63) is 35.4 Å². The third-order valence-electron chi connectivity index (χ3n) is 3.53. The number of fused-ring (bicyclic) bond motifs is 1. The van der Waals surface area contributed by atoms with Crippen LogP contribution < -0.4 is 5.32 Å². The van der Waals surface area contributed by atoms with Crippen molar-refractivity contribution in [3.8, 4) is 0 Å². The van der Waals surface area contributed by atoms with Gasteiger partial charge in [0.25, 0.3) is 0 Å². The van der Waals surface area contributed by atoms with Gasteiger partial charge < -0.3 is 15.2 Å². The maximum Gasteiger partial charge on any atom is 0.407 e. The van der Waals surface area contributed by atoms with E-state index in [4.69, 9.17) is 4.74 Å². The molecule has 2 N–H and O–H groups in total. The first-order valence-corrected chi connectivity index (χ1v) is 7.08. The first-order valence-electron chi connectivity index (χ1n) is 7.08. The number of ether oxygens (including phenoxy) is 1. The van der Waals surface area contributed by atoms with E-state index < -0.39 is 17.3 Å². The zero-order chi connectivity index (χ0) is 14.8. The summed E-state index contributed by atoms with van der Waals surface area (Å²) in [6.45, 7) is 5.88. The normalized spacial score (nSPS) is 21.4. The fraction of sp³-hybridized carbons (Fsp3) is 0.562. The lowest BCUT2D eigenvalue weighted by molar-refractivity contribution is 0.0259. The van der Waals surface area contributed by atoms with Crippen LogP contribution in [0.4, 0.5) is 4.79 Å². The molecule has 1 amide bonds. The molecule has 110 valence electrons. The summed E-state index contributed by atoms with van der Waals surface area (Å²) in [5.41, 5.74) is 0.866. The van der Waals surface area contributed by atoms with E-state index in [9.17, 15) is 9.90 Å². The molecule has 0 saturated heterocycles. The number of aliphatic hydroxyl groups is 1. The predicted octanol–water partition coefficient (Wildman–Crippen LogP) is 2.74. The highest BCUT2D eigenvalue weighted by molar-refractivity contribution is 5.67. The molecular weight excluding hydrogens is 254 g/mol. The molecule has 1 aliphatic carbocycles. The van der Waals surface area contributed by atoms with Crippen LogP contribution in [0.3, 0.4) is 0 Å². The van der Waals surface area contributed by atoms with Crippen molar-refractivity contribution in [1.82, 2.24) is 5.32 Å². The second-order valence-corrected chi connectivity index (χ2v) is 6.37. The molecule has 0 aliphatic heterocycles. The highest BCUT2D eigenvalue weighted by atomic mass is 16.6. The molecular formula is C16H23NO3. The lowest BCUT2D eigenvalue weighted by Gasteiger charge is -2.25. The summed E-state index contributed by atoms with van der Waals surface area (Å²) in [5, 5.41) is 13.4. The zero-order valence-electron chi connectivity index (χ0n) is 12.4. The van der Waals surface area contributed by atoms with E-state index in [-0.39, 0.29) is 0 Å². The molecule has 0 fully saturated rings. The summed E-state index contributed by atoms with van der Waals surface area (Å²) < 4.78 is 5.17. The fourth-order valence-electron chi connectivity index (χ4n) is 2.61. The quantitative estimate of drug-likeness (QED) is 0.893. The van der Waals surface area contributed by atoms with Crippen molar-refractivity contribution in [1.29, 1.82) is 0 Å². The van der Waals surface area contributed by atoms with Gasteiger partial charge in [-0.25, -0.2) is 4.79 Å².